The van der Waals surface area contributed by atoms with E-state index in [1.54, 1.807) is 33.3 Å². The lowest BCUT2D eigenvalue weighted by atomic mass is 10.2. The first-order valence-corrected chi connectivity index (χ1v) is 9.46. The first-order chi connectivity index (χ1) is 13.0. The van der Waals surface area contributed by atoms with Gasteiger partial charge in [0.25, 0.3) is 0 Å². The Kier molecular flexibility index (Phi) is 7.82. The molecule has 144 valence electrons. The Hall–Kier alpha value is -2.38. The van der Waals surface area contributed by atoms with Gasteiger partial charge in [-0.15, -0.1) is 11.8 Å². The highest BCUT2D eigenvalue weighted by Gasteiger charge is 2.13. The number of carbonyl (C=O) groups is 2. The molecule has 0 fully saturated rings. The lowest BCUT2D eigenvalue weighted by molar-refractivity contribution is -0.113. The smallest absolute Gasteiger partial charge is 0.339 e. The van der Waals surface area contributed by atoms with Crippen LogP contribution in [0.3, 0.4) is 0 Å². The van der Waals surface area contributed by atoms with Crippen LogP contribution in [0.2, 0.25) is 5.02 Å². The molecule has 0 bridgehead atoms. The van der Waals surface area contributed by atoms with Crippen molar-refractivity contribution in [2.24, 2.45) is 0 Å². The van der Waals surface area contributed by atoms with Gasteiger partial charge in [-0.25, -0.2) is 4.79 Å². The summed E-state index contributed by atoms with van der Waals surface area (Å²) in [6, 6.07) is 10.1. The molecule has 0 aliphatic heterocycles. The fourth-order valence-corrected chi connectivity index (χ4v) is 3.20. The third kappa shape index (κ3) is 5.80. The Labute approximate surface area is 167 Å². The van der Waals surface area contributed by atoms with E-state index in [2.05, 4.69) is 5.32 Å². The molecule has 0 heterocycles. The van der Waals surface area contributed by atoms with Gasteiger partial charge in [0, 0.05) is 10.6 Å². The van der Waals surface area contributed by atoms with Crippen LogP contribution in [0.5, 0.6) is 11.5 Å². The molecule has 2 aromatic carbocycles. The van der Waals surface area contributed by atoms with E-state index < -0.39 is 5.97 Å². The van der Waals surface area contributed by atoms with Gasteiger partial charge in [-0.2, -0.15) is 0 Å². The second-order valence-electron chi connectivity index (χ2n) is 5.27. The minimum atomic E-state index is -0.496. The van der Waals surface area contributed by atoms with Crippen LogP contribution in [-0.2, 0) is 9.53 Å². The second-order valence-corrected chi connectivity index (χ2v) is 6.72. The molecule has 8 heteroatoms. The summed E-state index contributed by atoms with van der Waals surface area (Å²) in [5, 5.41) is 2.97. The highest BCUT2D eigenvalue weighted by molar-refractivity contribution is 8.00. The zero-order valence-electron chi connectivity index (χ0n) is 15.2. The lowest BCUT2D eigenvalue weighted by Gasteiger charge is -2.10. The number of amides is 1. The van der Waals surface area contributed by atoms with Gasteiger partial charge in [-0.05, 0) is 43.3 Å². The van der Waals surface area contributed by atoms with Crippen molar-refractivity contribution in [3.63, 3.8) is 0 Å². The van der Waals surface area contributed by atoms with E-state index in [9.17, 15) is 9.59 Å². The molecular weight excluding hydrogens is 390 g/mol. The van der Waals surface area contributed by atoms with E-state index in [1.165, 1.54) is 23.9 Å². The Bertz CT molecular complexity index is 828. The van der Waals surface area contributed by atoms with E-state index >= 15 is 0 Å². The van der Waals surface area contributed by atoms with Crippen molar-refractivity contribution in [2.45, 2.75) is 11.8 Å². The molecule has 0 radical (unpaired) electrons. The van der Waals surface area contributed by atoms with Crippen LogP contribution >= 0.6 is 23.4 Å². The minimum Gasteiger partial charge on any atom is -0.493 e. The summed E-state index contributed by atoms with van der Waals surface area (Å²) in [4.78, 5) is 24.8. The van der Waals surface area contributed by atoms with Crippen LogP contribution < -0.4 is 14.8 Å². The molecule has 1 amide bonds. The summed E-state index contributed by atoms with van der Waals surface area (Å²) in [7, 11) is 3.12. The largest absolute Gasteiger partial charge is 0.493 e. The maximum atomic E-state index is 12.2. The number of carbonyl (C=O) groups excluding carboxylic acids is 2. The van der Waals surface area contributed by atoms with Crippen LogP contribution in [0, 0.1) is 0 Å². The summed E-state index contributed by atoms with van der Waals surface area (Å²) in [6.07, 6.45) is 0. The summed E-state index contributed by atoms with van der Waals surface area (Å²) < 4.78 is 15.4. The molecule has 1 N–H and O–H groups in total. The van der Waals surface area contributed by atoms with Crippen molar-refractivity contribution in [3.8, 4) is 11.5 Å². The number of methoxy groups -OCH3 is 2. The highest BCUT2D eigenvalue weighted by atomic mass is 35.5. The quantitative estimate of drug-likeness (QED) is 0.518. The van der Waals surface area contributed by atoms with Gasteiger partial charge in [-0.1, -0.05) is 11.6 Å². The van der Waals surface area contributed by atoms with Crippen LogP contribution in [0.25, 0.3) is 0 Å². The Morgan fingerprint density at radius 1 is 1.07 bits per heavy atom. The maximum absolute atomic E-state index is 12.2. The molecule has 0 aliphatic carbocycles. The zero-order valence-corrected chi connectivity index (χ0v) is 16.8. The van der Waals surface area contributed by atoms with E-state index in [0.29, 0.717) is 17.2 Å². The number of esters is 1. The average Bonchev–Trinajstić information content (AvgIpc) is 2.66. The predicted octanol–water partition coefficient (Wildman–Crippen LogP) is 4.26. The number of rotatable bonds is 8. The molecule has 0 saturated carbocycles. The molecule has 0 aromatic heterocycles. The minimum absolute atomic E-state index is 0.199. The third-order valence-electron chi connectivity index (χ3n) is 3.47. The molecule has 0 saturated heterocycles. The molecule has 0 aliphatic rings. The topological polar surface area (TPSA) is 73.9 Å². The fourth-order valence-electron chi connectivity index (χ4n) is 2.22. The van der Waals surface area contributed by atoms with Gasteiger partial charge in [0.05, 0.1) is 37.2 Å². The molecular formula is C19H20ClNO5S. The van der Waals surface area contributed by atoms with Crippen molar-refractivity contribution >= 4 is 40.9 Å². The zero-order chi connectivity index (χ0) is 19.8. The van der Waals surface area contributed by atoms with E-state index in [0.717, 1.165) is 4.90 Å². The highest BCUT2D eigenvalue weighted by Crippen LogP contribution is 2.32. The van der Waals surface area contributed by atoms with Crippen molar-refractivity contribution in [2.75, 3.05) is 31.9 Å². The molecule has 0 atom stereocenters. The van der Waals surface area contributed by atoms with Gasteiger partial charge in [0.2, 0.25) is 5.91 Å². The first-order valence-electron chi connectivity index (χ1n) is 8.09. The molecule has 0 spiro atoms. The molecule has 2 aromatic rings. The number of thioether (sulfide) groups is 1. The summed E-state index contributed by atoms with van der Waals surface area (Å²) in [5.41, 5.74) is 0.766. The standard InChI is InChI=1S/C19H20ClNO5S/c1-4-26-19(23)14-7-5-12(9-15(14)20)21-18(22)11-27-13-6-8-16(24-2)17(10-13)25-3/h5-10H,4,11H2,1-3H3,(H,21,22). The van der Waals surface area contributed by atoms with E-state index in [4.69, 9.17) is 25.8 Å². The summed E-state index contributed by atoms with van der Waals surface area (Å²) >= 11 is 7.46. The number of hydrogen-bond donors (Lipinski definition) is 1. The predicted molar refractivity (Wildman–Crippen MR) is 106 cm³/mol. The van der Waals surface area contributed by atoms with Gasteiger partial charge >= 0.3 is 5.97 Å². The Morgan fingerprint density at radius 2 is 1.81 bits per heavy atom. The second kappa shape index (κ2) is 10.1. The van der Waals surface area contributed by atoms with Crippen LogP contribution in [0.15, 0.2) is 41.3 Å². The first kappa shape index (κ1) is 20.9. The SMILES string of the molecule is CCOC(=O)c1ccc(NC(=O)CSc2ccc(OC)c(OC)c2)cc1Cl. The van der Waals surface area contributed by atoms with Gasteiger partial charge < -0.3 is 19.5 Å². The molecule has 2 rings (SSSR count). The van der Waals surface area contributed by atoms with Gasteiger partial charge in [-0.3, -0.25) is 4.79 Å². The number of nitrogens with one attached hydrogen (secondary N) is 1. The van der Waals surface area contributed by atoms with Crippen LogP contribution in [-0.4, -0.2) is 38.5 Å². The number of anilines is 1. The normalized spacial score (nSPS) is 10.2. The number of ether oxygens (including phenoxy) is 3. The number of halogens is 1. The van der Waals surface area contributed by atoms with E-state index in [1.807, 2.05) is 12.1 Å². The average molecular weight is 410 g/mol. The van der Waals surface area contributed by atoms with Crippen LogP contribution in [0.4, 0.5) is 5.69 Å². The van der Waals surface area contributed by atoms with Crippen LogP contribution in [0.1, 0.15) is 17.3 Å². The molecule has 27 heavy (non-hydrogen) atoms. The Balaban J connectivity index is 1.96. The Morgan fingerprint density at radius 3 is 2.44 bits per heavy atom. The number of benzene rings is 2. The summed E-state index contributed by atoms with van der Waals surface area (Å²) in [6.45, 7) is 1.98. The maximum Gasteiger partial charge on any atom is 0.339 e. The third-order valence-corrected chi connectivity index (χ3v) is 4.78. The van der Waals surface area contributed by atoms with Gasteiger partial charge in [0.1, 0.15) is 0 Å². The molecule has 6 nitrogen and oxygen atoms in total. The van der Waals surface area contributed by atoms with Crippen molar-refractivity contribution in [1.82, 2.24) is 0 Å². The molecule has 0 unspecified atom stereocenters. The summed E-state index contributed by atoms with van der Waals surface area (Å²) in [5.74, 6) is 0.734. The monoisotopic (exact) mass is 409 g/mol. The van der Waals surface area contributed by atoms with Crippen molar-refractivity contribution in [1.29, 1.82) is 0 Å². The van der Waals surface area contributed by atoms with Crippen molar-refractivity contribution in [3.05, 3.63) is 47.0 Å². The fraction of sp³-hybridized carbons (Fsp3) is 0.263. The number of hydrogen-bond acceptors (Lipinski definition) is 6. The van der Waals surface area contributed by atoms with E-state index in [-0.39, 0.29) is 28.9 Å². The lowest BCUT2D eigenvalue weighted by Crippen LogP contribution is -2.14. The van der Waals surface area contributed by atoms with Gasteiger partial charge in [0.15, 0.2) is 11.5 Å². The van der Waals surface area contributed by atoms with Crippen molar-refractivity contribution < 1.29 is 23.8 Å².